The predicted octanol–water partition coefficient (Wildman–Crippen LogP) is 1.01. The van der Waals surface area contributed by atoms with Crippen molar-refractivity contribution in [2.24, 2.45) is 0 Å². The van der Waals surface area contributed by atoms with Crippen molar-refractivity contribution < 1.29 is 23.4 Å². The van der Waals surface area contributed by atoms with E-state index in [1.807, 2.05) is 13.0 Å². The van der Waals surface area contributed by atoms with E-state index in [1.165, 1.54) is 6.07 Å². The Balaban J connectivity index is 1.46. The van der Waals surface area contributed by atoms with Crippen molar-refractivity contribution in [3.8, 4) is 10.9 Å². The van der Waals surface area contributed by atoms with Gasteiger partial charge in [-0.2, -0.15) is 5.10 Å². The summed E-state index contributed by atoms with van der Waals surface area (Å²) in [7, 11) is 1.57. The Bertz CT molecular complexity index is 1190. The highest BCUT2D eigenvalue weighted by Gasteiger charge is 2.20. The lowest BCUT2D eigenvalue weighted by atomic mass is 10.3. The molecule has 0 atom stereocenters. The van der Waals surface area contributed by atoms with Crippen LogP contribution in [0.3, 0.4) is 0 Å². The molecule has 35 heavy (non-hydrogen) atoms. The number of aromatic nitrogens is 4. The molecule has 1 aliphatic heterocycles. The molecule has 1 saturated heterocycles. The molecule has 0 spiro atoms. The Kier molecular flexibility index (Phi) is 8.41. The smallest absolute Gasteiger partial charge is 0.381 e. The van der Waals surface area contributed by atoms with E-state index < -0.39 is 11.5 Å². The predicted molar refractivity (Wildman–Crippen MR) is 128 cm³/mol. The lowest BCUT2D eigenvalue weighted by Gasteiger charge is -2.26. The molecule has 2 N–H and O–H groups in total. The summed E-state index contributed by atoms with van der Waals surface area (Å²) in [5, 5.41) is 18.6. The van der Waals surface area contributed by atoms with Gasteiger partial charge in [0.25, 0.3) is 5.91 Å². The fourth-order valence-electron chi connectivity index (χ4n) is 3.33. The number of nitrogens with one attached hydrogen (secondary N) is 2. The minimum Gasteiger partial charge on any atom is -0.484 e. The minimum atomic E-state index is -0.760. The van der Waals surface area contributed by atoms with Gasteiger partial charge < -0.3 is 23.9 Å². The highest BCUT2D eigenvalue weighted by Crippen LogP contribution is 2.24. The van der Waals surface area contributed by atoms with Gasteiger partial charge >= 0.3 is 5.63 Å². The number of carbonyl (C=O) groups excluding carboxylic acids is 1. The molecule has 1 amide bonds. The Morgan fingerprint density at radius 2 is 2.09 bits per heavy atom. The fraction of sp³-hybridized carbons (Fsp3) is 0.476. The first-order valence-corrected chi connectivity index (χ1v) is 11.9. The van der Waals surface area contributed by atoms with Crippen molar-refractivity contribution in [2.45, 2.75) is 6.92 Å². The number of hydrogen-bond donors (Lipinski definition) is 2. The van der Waals surface area contributed by atoms with Gasteiger partial charge in [0.15, 0.2) is 5.76 Å². The van der Waals surface area contributed by atoms with Crippen LogP contribution in [-0.4, -0.2) is 90.5 Å². The number of amides is 1. The Morgan fingerprint density at radius 3 is 2.83 bits per heavy atom. The Hall–Kier alpha value is -3.33. The highest BCUT2D eigenvalue weighted by molar-refractivity contribution is 7.17. The molecule has 0 unspecified atom stereocenters. The zero-order chi connectivity index (χ0) is 24.6. The average Bonchev–Trinajstić information content (AvgIpc) is 3.49. The van der Waals surface area contributed by atoms with Gasteiger partial charge in [-0.05, 0) is 13.0 Å². The molecule has 14 heteroatoms. The summed E-state index contributed by atoms with van der Waals surface area (Å²) in [5.41, 5.74) is 0.459. The third-order valence-electron chi connectivity index (χ3n) is 5.16. The monoisotopic (exact) mass is 505 g/mol. The van der Waals surface area contributed by atoms with E-state index in [4.69, 9.17) is 18.6 Å². The van der Waals surface area contributed by atoms with Crippen LogP contribution in [-0.2, 0) is 9.47 Å². The van der Waals surface area contributed by atoms with Crippen LogP contribution in [0, 0.1) is 6.92 Å². The van der Waals surface area contributed by atoms with Gasteiger partial charge in [-0.15, -0.1) is 10.2 Å². The molecule has 1 aliphatic rings. The molecule has 0 saturated carbocycles. The van der Waals surface area contributed by atoms with Crippen molar-refractivity contribution >= 4 is 28.1 Å². The maximum atomic E-state index is 12.8. The first-order chi connectivity index (χ1) is 17.0. The van der Waals surface area contributed by atoms with E-state index >= 15 is 0 Å². The topological polar surface area (TPSA) is 146 Å². The number of nitrogens with zero attached hydrogens (tertiary/aromatic N) is 5. The van der Waals surface area contributed by atoms with E-state index in [-0.39, 0.29) is 23.2 Å². The molecule has 188 valence electrons. The summed E-state index contributed by atoms with van der Waals surface area (Å²) in [6.07, 6.45) is 1.65. The Morgan fingerprint density at radius 1 is 1.26 bits per heavy atom. The molecular weight excluding hydrogens is 478 g/mol. The fourth-order valence-corrected chi connectivity index (χ4v) is 4.09. The summed E-state index contributed by atoms with van der Waals surface area (Å²) >= 11 is 1.14. The molecule has 4 heterocycles. The quantitative estimate of drug-likeness (QED) is 0.360. The van der Waals surface area contributed by atoms with Gasteiger partial charge in [-0.1, -0.05) is 11.3 Å². The molecule has 0 aromatic carbocycles. The zero-order valence-electron chi connectivity index (χ0n) is 19.5. The van der Waals surface area contributed by atoms with Crippen LogP contribution in [0.5, 0.6) is 5.75 Å². The normalized spacial score (nSPS) is 14.1. The summed E-state index contributed by atoms with van der Waals surface area (Å²) in [4.78, 5) is 27.7. The van der Waals surface area contributed by atoms with Crippen molar-refractivity contribution in [1.82, 2.24) is 24.9 Å². The molecule has 0 bridgehead atoms. The molecule has 13 nitrogen and oxygen atoms in total. The van der Waals surface area contributed by atoms with E-state index in [9.17, 15) is 9.59 Å². The van der Waals surface area contributed by atoms with Gasteiger partial charge in [-0.25, -0.2) is 9.48 Å². The van der Waals surface area contributed by atoms with Crippen LogP contribution in [0.1, 0.15) is 16.2 Å². The number of anilines is 2. The molecule has 0 aliphatic carbocycles. The van der Waals surface area contributed by atoms with Crippen molar-refractivity contribution in [3.63, 3.8) is 0 Å². The van der Waals surface area contributed by atoms with Crippen molar-refractivity contribution in [2.75, 3.05) is 70.3 Å². The molecular formula is C21H27N7O6S. The van der Waals surface area contributed by atoms with Crippen LogP contribution in [0.4, 0.5) is 10.8 Å². The maximum absolute atomic E-state index is 12.8. The van der Waals surface area contributed by atoms with Crippen LogP contribution in [0.2, 0.25) is 0 Å². The zero-order valence-corrected chi connectivity index (χ0v) is 20.3. The van der Waals surface area contributed by atoms with Gasteiger partial charge in [0.1, 0.15) is 6.61 Å². The first-order valence-electron chi connectivity index (χ1n) is 11.0. The van der Waals surface area contributed by atoms with Crippen molar-refractivity contribution in [1.29, 1.82) is 0 Å². The summed E-state index contributed by atoms with van der Waals surface area (Å²) in [5.74, 6) is -0.822. The number of carbonyl (C=O) groups is 1. The Labute approximate surface area is 205 Å². The van der Waals surface area contributed by atoms with Crippen LogP contribution in [0.25, 0.3) is 5.13 Å². The number of methoxy groups -OCH3 is 1. The second-order valence-corrected chi connectivity index (χ2v) is 8.55. The minimum absolute atomic E-state index is 0.0123. The number of aryl methyl sites for hydroxylation is 1. The van der Waals surface area contributed by atoms with E-state index in [1.54, 1.807) is 18.0 Å². The van der Waals surface area contributed by atoms with E-state index in [0.717, 1.165) is 30.1 Å². The van der Waals surface area contributed by atoms with E-state index in [2.05, 4.69) is 30.8 Å². The van der Waals surface area contributed by atoms with Gasteiger partial charge in [0.2, 0.25) is 16.0 Å². The third-order valence-corrected chi connectivity index (χ3v) is 5.97. The number of ether oxygens (including phenoxy) is 3. The van der Waals surface area contributed by atoms with Crippen LogP contribution >= 0.6 is 11.3 Å². The van der Waals surface area contributed by atoms with Crippen molar-refractivity contribution in [3.05, 3.63) is 40.2 Å². The molecule has 1 fully saturated rings. The van der Waals surface area contributed by atoms with Crippen LogP contribution < -0.4 is 21.0 Å². The summed E-state index contributed by atoms with van der Waals surface area (Å²) in [6.45, 7) is 6.57. The second-order valence-electron chi connectivity index (χ2n) is 7.59. The molecule has 3 aromatic rings. The largest absolute Gasteiger partial charge is 0.484 e. The highest BCUT2D eigenvalue weighted by atomic mass is 32.1. The van der Waals surface area contributed by atoms with E-state index in [0.29, 0.717) is 43.7 Å². The first kappa shape index (κ1) is 24.8. The standard InChI is InChI=1S/C21H27N7O6S/c1-14-3-4-23-28(14)21-26-25-20(35-21)24-18(29)16-13-15(22-5-9-31-2)17(19(30)34-16)33-12-8-27-6-10-32-11-7-27/h3-4,13,22H,5-12H2,1-2H3,(H,24,25,29). The van der Waals surface area contributed by atoms with Gasteiger partial charge in [0, 0.05) is 51.2 Å². The summed E-state index contributed by atoms with van der Waals surface area (Å²) in [6, 6.07) is 3.26. The molecule has 4 rings (SSSR count). The SMILES string of the molecule is COCCNc1cc(C(=O)Nc2nnc(-n3nccc3C)s2)oc(=O)c1OCCN1CCOCC1. The molecule has 0 radical (unpaired) electrons. The number of hydrogen-bond acceptors (Lipinski definition) is 12. The lowest BCUT2D eigenvalue weighted by Crippen LogP contribution is -2.38. The number of morpholine rings is 1. The third kappa shape index (κ3) is 6.42. The summed E-state index contributed by atoms with van der Waals surface area (Å²) < 4.78 is 23.0. The average molecular weight is 506 g/mol. The number of rotatable bonds is 11. The lowest BCUT2D eigenvalue weighted by molar-refractivity contribution is 0.0321. The maximum Gasteiger partial charge on any atom is 0.381 e. The molecule has 3 aromatic heterocycles. The van der Waals surface area contributed by atoms with Crippen LogP contribution in [0.15, 0.2) is 27.5 Å². The van der Waals surface area contributed by atoms with Gasteiger partial charge in [-0.3, -0.25) is 15.0 Å². The van der Waals surface area contributed by atoms with Gasteiger partial charge in [0.05, 0.1) is 25.5 Å². The second kappa shape index (κ2) is 11.9.